The van der Waals surface area contributed by atoms with E-state index in [1.54, 1.807) is 19.9 Å². The van der Waals surface area contributed by atoms with Crippen LogP contribution in [0.25, 0.3) is 16.9 Å². The van der Waals surface area contributed by atoms with Crippen molar-refractivity contribution in [2.75, 3.05) is 0 Å². The Labute approximate surface area is 172 Å². The highest BCUT2D eigenvalue weighted by atomic mass is 32.2. The zero-order chi connectivity index (χ0) is 22.0. The standard InChI is InChI=1S/C21H22FN3O4S/c1-5-8-21(9-10-21)30(28,29)25-17-12-14(3)19(26)23(4)18(17)24(20(25)27)16-7-6-13(2)11-15(16)22/h5-7,11-12H,1,8-10H2,2-4H3. The summed E-state index contributed by atoms with van der Waals surface area (Å²) in [5, 5.41) is 0. The molecule has 0 atom stereocenters. The van der Waals surface area contributed by atoms with Crippen LogP contribution in [0, 0.1) is 19.7 Å². The molecule has 0 unspecified atom stereocenters. The molecule has 0 radical (unpaired) electrons. The summed E-state index contributed by atoms with van der Waals surface area (Å²) in [6.45, 7) is 6.89. The minimum Gasteiger partial charge on any atom is -0.295 e. The molecule has 0 bridgehead atoms. The maximum atomic E-state index is 14.8. The van der Waals surface area contributed by atoms with Crippen LogP contribution in [0.4, 0.5) is 4.39 Å². The minimum atomic E-state index is -4.13. The Morgan fingerprint density at radius 3 is 2.43 bits per heavy atom. The third-order valence-electron chi connectivity index (χ3n) is 5.79. The van der Waals surface area contributed by atoms with E-state index in [0.717, 1.165) is 8.54 Å². The van der Waals surface area contributed by atoms with Crippen molar-refractivity contribution in [3.8, 4) is 5.69 Å². The number of halogens is 1. The van der Waals surface area contributed by atoms with E-state index in [2.05, 4.69) is 6.58 Å². The quantitative estimate of drug-likeness (QED) is 0.582. The summed E-state index contributed by atoms with van der Waals surface area (Å²) >= 11 is 0. The van der Waals surface area contributed by atoms with Crippen molar-refractivity contribution < 1.29 is 12.8 Å². The van der Waals surface area contributed by atoms with Crippen molar-refractivity contribution in [3.63, 3.8) is 0 Å². The highest BCUT2D eigenvalue weighted by Gasteiger charge is 2.55. The smallest absolute Gasteiger partial charge is 0.295 e. The van der Waals surface area contributed by atoms with Gasteiger partial charge in [0.15, 0.2) is 0 Å². The van der Waals surface area contributed by atoms with Gasteiger partial charge in [-0.3, -0.25) is 9.36 Å². The van der Waals surface area contributed by atoms with Gasteiger partial charge in [-0.25, -0.2) is 22.2 Å². The average molecular weight is 431 g/mol. The largest absolute Gasteiger partial charge is 0.348 e. The van der Waals surface area contributed by atoms with Gasteiger partial charge < -0.3 is 0 Å². The van der Waals surface area contributed by atoms with Gasteiger partial charge in [0.1, 0.15) is 17.0 Å². The number of hydrogen-bond donors (Lipinski definition) is 0. The number of allylic oxidation sites excluding steroid dienone is 1. The van der Waals surface area contributed by atoms with Gasteiger partial charge in [0.25, 0.3) is 5.56 Å². The van der Waals surface area contributed by atoms with Crippen LogP contribution in [-0.4, -0.2) is 26.3 Å². The summed E-state index contributed by atoms with van der Waals surface area (Å²) < 4.78 is 43.7. The predicted octanol–water partition coefficient (Wildman–Crippen LogP) is 2.53. The molecule has 3 aromatic rings. The second-order valence-electron chi connectivity index (χ2n) is 7.92. The Bertz CT molecular complexity index is 1440. The molecule has 4 rings (SSSR count). The normalized spacial score (nSPS) is 15.5. The van der Waals surface area contributed by atoms with Crippen LogP contribution < -0.4 is 11.2 Å². The lowest BCUT2D eigenvalue weighted by molar-refractivity contribution is 0.565. The molecule has 30 heavy (non-hydrogen) atoms. The maximum absolute atomic E-state index is 14.8. The van der Waals surface area contributed by atoms with E-state index in [0.29, 0.717) is 18.4 Å². The molecule has 1 saturated carbocycles. The van der Waals surface area contributed by atoms with Crippen LogP contribution in [0.5, 0.6) is 0 Å². The molecule has 0 saturated heterocycles. The molecule has 0 spiro atoms. The summed E-state index contributed by atoms with van der Waals surface area (Å²) in [7, 11) is -2.69. The SMILES string of the molecule is C=CCC1(S(=O)(=O)n2c(=O)n(-c3ccc(C)cc3F)c3c2cc(C)c(=O)n3C)CC1. The van der Waals surface area contributed by atoms with Gasteiger partial charge in [0.2, 0.25) is 10.0 Å². The molecule has 1 aliphatic rings. The van der Waals surface area contributed by atoms with E-state index < -0.39 is 31.8 Å². The van der Waals surface area contributed by atoms with E-state index in [1.165, 1.54) is 35.9 Å². The highest BCUT2D eigenvalue weighted by molar-refractivity contribution is 7.91. The first-order valence-corrected chi connectivity index (χ1v) is 11.0. The first kappa shape index (κ1) is 20.3. The number of rotatable bonds is 5. The molecule has 0 aliphatic heterocycles. The van der Waals surface area contributed by atoms with Crippen LogP contribution in [0.2, 0.25) is 0 Å². The van der Waals surface area contributed by atoms with Gasteiger partial charge >= 0.3 is 5.69 Å². The second kappa shape index (κ2) is 6.53. The summed E-state index contributed by atoms with van der Waals surface area (Å²) in [5.74, 6) is -0.686. The fourth-order valence-corrected chi connectivity index (χ4v) is 5.98. The molecule has 1 aromatic carbocycles. The van der Waals surface area contributed by atoms with Crippen LogP contribution in [0.3, 0.4) is 0 Å². The number of nitrogens with zero attached hydrogens (tertiary/aromatic N) is 3. The highest BCUT2D eigenvalue weighted by Crippen LogP contribution is 2.48. The van der Waals surface area contributed by atoms with Crippen molar-refractivity contribution >= 4 is 21.2 Å². The van der Waals surface area contributed by atoms with Crippen molar-refractivity contribution in [2.45, 2.75) is 37.9 Å². The number of hydrogen-bond acceptors (Lipinski definition) is 4. The zero-order valence-electron chi connectivity index (χ0n) is 17.0. The van der Waals surface area contributed by atoms with Crippen LogP contribution in [-0.2, 0) is 17.1 Å². The molecular formula is C21H22FN3O4S. The third kappa shape index (κ3) is 2.64. The van der Waals surface area contributed by atoms with E-state index in [-0.39, 0.29) is 28.8 Å². The van der Waals surface area contributed by atoms with E-state index >= 15 is 0 Å². The molecule has 158 valence electrons. The van der Waals surface area contributed by atoms with Crippen LogP contribution >= 0.6 is 0 Å². The maximum Gasteiger partial charge on any atom is 0.348 e. The lowest BCUT2D eigenvalue weighted by Gasteiger charge is -2.15. The summed E-state index contributed by atoms with van der Waals surface area (Å²) in [4.78, 5) is 26.0. The molecule has 0 amide bonds. The second-order valence-corrected chi connectivity index (χ2v) is 10.1. The lowest BCUT2D eigenvalue weighted by Crippen LogP contribution is -2.37. The number of imidazole rings is 1. The van der Waals surface area contributed by atoms with Gasteiger partial charge in [0.05, 0.1) is 10.4 Å². The Hall–Kier alpha value is -2.94. The zero-order valence-corrected chi connectivity index (χ0v) is 17.8. The van der Waals surface area contributed by atoms with E-state index in [1.807, 2.05) is 0 Å². The monoisotopic (exact) mass is 431 g/mol. The van der Waals surface area contributed by atoms with Crippen molar-refractivity contribution in [1.29, 1.82) is 0 Å². The first-order chi connectivity index (χ1) is 14.1. The fraction of sp³-hybridized carbons (Fsp3) is 0.333. The van der Waals surface area contributed by atoms with Crippen LogP contribution in [0.15, 0.2) is 46.5 Å². The Balaban J connectivity index is 2.19. The van der Waals surface area contributed by atoms with Gasteiger partial charge in [0, 0.05) is 12.6 Å². The Kier molecular flexibility index (Phi) is 4.43. The number of fused-ring (bicyclic) bond motifs is 1. The van der Waals surface area contributed by atoms with Crippen LogP contribution in [0.1, 0.15) is 30.4 Å². The molecule has 9 heteroatoms. The molecule has 2 aromatic heterocycles. The fourth-order valence-electron chi connectivity index (χ4n) is 3.97. The topological polar surface area (TPSA) is 83.1 Å². The summed E-state index contributed by atoms with van der Waals surface area (Å²) in [6, 6.07) is 5.66. The lowest BCUT2D eigenvalue weighted by atomic mass is 10.2. The number of benzene rings is 1. The molecule has 7 nitrogen and oxygen atoms in total. The van der Waals surface area contributed by atoms with Gasteiger partial charge in [-0.15, -0.1) is 6.58 Å². The Morgan fingerprint density at radius 1 is 1.20 bits per heavy atom. The van der Waals surface area contributed by atoms with E-state index in [4.69, 9.17) is 0 Å². The number of aromatic nitrogens is 3. The van der Waals surface area contributed by atoms with Gasteiger partial charge in [-0.2, -0.15) is 3.97 Å². The van der Waals surface area contributed by atoms with Crippen molar-refractivity contribution in [3.05, 3.63) is 74.7 Å². The summed E-state index contributed by atoms with van der Waals surface area (Å²) in [5.41, 5.74) is -0.435. The Morgan fingerprint density at radius 2 is 1.87 bits per heavy atom. The van der Waals surface area contributed by atoms with Gasteiger partial charge in [-0.05, 0) is 56.9 Å². The molecular weight excluding hydrogens is 409 g/mol. The van der Waals surface area contributed by atoms with Crippen molar-refractivity contribution in [1.82, 2.24) is 13.1 Å². The number of aryl methyl sites for hydroxylation is 3. The molecule has 1 aliphatic carbocycles. The number of pyridine rings is 1. The minimum absolute atomic E-state index is 0.0244. The molecule has 0 N–H and O–H groups in total. The molecule has 1 fully saturated rings. The van der Waals surface area contributed by atoms with Gasteiger partial charge in [-0.1, -0.05) is 12.1 Å². The van der Waals surface area contributed by atoms with E-state index in [9.17, 15) is 22.4 Å². The average Bonchev–Trinajstić information content (AvgIpc) is 3.40. The third-order valence-corrected chi connectivity index (χ3v) is 8.30. The first-order valence-electron chi connectivity index (χ1n) is 9.52. The predicted molar refractivity (Wildman–Crippen MR) is 113 cm³/mol. The summed E-state index contributed by atoms with van der Waals surface area (Å²) in [6.07, 6.45) is 2.54. The molecule has 2 heterocycles. The van der Waals surface area contributed by atoms with Crippen molar-refractivity contribution in [2.24, 2.45) is 7.05 Å².